The largest absolute Gasteiger partial charge is 0.381 e. The third-order valence-electron chi connectivity index (χ3n) is 4.17. The maximum Gasteiger partial charge on any atom is 0.189 e. The topological polar surface area (TPSA) is 50.3 Å². The molecule has 0 saturated carbocycles. The molecule has 3 rings (SSSR count). The Morgan fingerprint density at radius 1 is 1.38 bits per heavy atom. The predicted octanol–water partition coefficient (Wildman–Crippen LogP) is 2.63. The maximum absolute atomic E-state index is 5.46. The molecule has 2 saturated heterocycles. The molecular weight excluding hydrogens is 352 g/mol. The molecule has 1 atom stereocenters. The first-order valence-electron chi connectivity index (χ1n) is 7.41. The van der Waals surface area contributed by atoms with Crippen LogP contribution in [0.1, 0.15) is 19.3 Å². The smallest absolute Gasteiger partial charge is 0.189 e. The summed E-state index contributed by atoms with van der Waals surface area (Å²) in [6.07, 6.45) is 7.32. The molecule has 3 heterocycles. The van der Waals surface area contributed by atoms with Gasteiger partial charge in [0.25, 0.3) is 0 Å². The van der Waals surface area contributed by atoms with E-state index in [4.69, 9.17) is 4.74 Å². The molecule has 1 aromatic rings. The molecule has 1 unspecified atom stereocenters. The summed E-state index contributed by atoms with van der Waals surface area (Å²) in [7, 11) is 0. The predicted molar refractivity (Wildman–Crippen MR) is 89.0 cm³/mol. The van der Waals surface area contributed by atoms with Gasteiger partial charge < -0.3 is 10.1 Å². The summed E-state index contributed by atoms with van der Waals surface area (Å²) in [6.45, 7) is 4.08. The number of halogens is 1. The van der Waals surface area contributed by atoms with E-state index in [1.807, 2.05) is 12.5 Å². The van der Waals surface area contributed by atoms with Crippen LogP contribution in [0.3, 0.4) is 0 Å². The molecule has 1 N–H and O–H groups in total. The zero-order valence-electron chi connectivity index (χ0n) is 12.2. The molecule has 0 amide bonds. The van der Waals surface area contributed by atoms with Gasteiger partial charge in [0, 0.05) is 44.6 Å². The summed E-state index contributed by atoms with van der Waals surface area (Å²) >= 11 is 5.10. The molecule has 0 radical (unpaired) electrons. The molecule has 2 aliphatic rings. The molecular formula is C14H21BrN4OS. The van der Waals surface area contributed by atoms with Crippen LogP contribution in [0, 0.1) is 0 Å². The molecule has 0 bridgehead atoms. The summed E-state index contributed by atoms with van der Waals surface area (Å²) in [5, 5.41) is 4.37. The van der Waals surface area contributed by atoms with Gasteiger partial charge in [-0.1, -0.05) is 11.8 Å². The fourth-order valence-corrected chi connectivity index (χ4v) is 3.68. The van der Waals surface area contributed by atoms with Gasteiger partial charge in [-0.15, -0.1) is 0 Å². The van der Waals surface area contributed by atoms with Crippen molar-refractivity contribution in [1.29, 1.82) is 0 Å². The van der Waals surface area contributed by atoms with Crippen LogP contribution in [0.5, 0.6) is 0 Å². The van der Waals surface area contributed by atoms with Crippen LogP contribution in [0.2, 0.25) is 0 Å². The second-order valence-electron chi connectivity index (χ2n) is 5.52. The van der Waals surface area contributed by atoms with E-state index in [2.05, 4.69) is 36.1 Å². The van der Waals surface area contributed by atoms with Crippen LogP contribution < -0.4 is 5.32 Å². The third-order valence-corrected chi connectivity index (χ3v) is 5.31. The third kappa shape index (κ3) is 3.88. The average molecular weight is 373 g/mol. The first kappa shape index (κ1) is 15.5. The van der Waals surface area contributed by atoms with Crippen LogP contribution in [0.15, 0.2) is 15.8 Å². The van der Waals surface area contributed by atoms with Gasteiger partial charge in [-0.2, -0.15) is 0 Å². The highest BCUT2D eigenvalue weighted by Gasteiger charge is 2.29. The van der Waals surface area contributed by atoms with E-state index in [0.29, 0.717) is 12.1 Å². The van der Waals surface area contributed by atoms with Gasteiger partial charge >= 0.3 is 0 Å². The summed E-state index contributed by atoms with van der Waals surface area (Å²) in [5.74, 6) is 0.910. The summed E-state index contributed by atoms with van der Waals surface area (Å²) in [6, 6.07) is 1.16. The lowest BCUT2D eigenvalue weighted by atomic mass is 10.1. The van der Waals surface area contributed by atoms with Crippen molar-refractivity contribution >= 4 is 33.5 Å². The van der Waals surface area contributed by atoms with E-state index in [0.717, 1.165) is 35.2 Å². The number of anilines is 1. The number of thioether (sulfide) groups is 1. The second kappa shape index (κ2) is 7.26. The lowest BCUT2D eigenvalue weighted by Gasteiger charge is -2.31. The Hall–Kier alpha value is -0.370. The van der Waals surface area contributed by atoms with Crippen molar-refractivity contribution in [2.75, 3.05) is 37.9 Å². The molecule has 116 valence electrons. The van der Waals surface area contributed by atoms with Gasteiger partial charge in [-0.25, -0.2) is 9.97 Å². The van der Waals surface area contributed by atoms with Crippen LogP contribution in [-0.4, -0.2) is 59.5 Å². The highest BCUT2D eigenvalue weighted by molar-refractivity contribution is 9.10. The first-order chi connectivity index (χ1) is 10.3. The number of hydrogen-bond acceptors (Lipinski definition) is 6. The van der Waals surface area contributed by atoms with Gasteiger partial charge in [-0.3, -0.25) is 4.90 Å². The molecule has 7 heteroatoms. The van der Waals surface area contributed by atoms with Crippen LogP contribution in [0.25, 0.3) is 0 Å². The van der Waals surface area contributed by atoms with Crippen LogP contribution in [-0.2, 0) is 4.74 Å². The fourth-order valence-electron chi connectivity index (χ4n) is 3.03. The molecule has 0 aliphatic carbocycles. The van der Waals surface area contributed by atoms with E-state index in [9.17, 15) is 0 Å². The van der Waals surface area contributed by atoms with Crippen LogP contribution >= 0.6 is 27.7 Å². The van der Waals surface area contributed by atoms with Crippen molar-refractivity contribution in [3.8, 4) is 0 Å². The minimum Gasteiger partial charge on any atom is -0.381 e. The fraction of sp³-hybridized carbons (Fsp3) is 0.714. The highest BCUT2D eigenvalue weighted by Crippen LogP contribution is 2.26. The average Bonchev–Trinajstić information content (AvgIpc) is 2.99. The maximum atomic E-state index is 5.46. The van der Waals surface area contributed by atoms with E-state index in [1.54, 1.807) is 11.8 Å². The van der Waals surface area contributed by atoms with Crippen molar-refractivity contribution in [2.24, 2.45) is 0 Å². The van der Waals surface area contributed by atoms with E-state index >= 15 is 0 Å². The quantitative estimate of drug-likeness (QED) is 0.647. The molecule has 2 fully saturated rings. The van der Waals surface area contributed by atoms with Crippen molar-refractivity contribution in [3.63, 3.8) is 0 Å². The number of rotatable bonds is 4. The minimum atomic E-state index is 0.466. The van der Waals surface area contributed by atoms with Crippen molar-refractivity contribution < 1.29 is 4.74 Å². The summed E-state index contributed by atoms with van der Waals surface area (Å²) in [5.41, 5.74) is 0. The Morgan fingerprint density at radius 3 is 2.95 bits per heavy atom. The summed E-state index contributed by atoms with van der Waals surface area (Å²) < 4.78 is 6.39. The Morgan fingerprint density at radius 2 is 2.19 bits per heavy atom. The Labute approximate surface area is 138 Å². The zero-order valence-corrected chi connectivity index (χ0v) is 14.6. The lowest BCUT2D eigenvalue weighted by molar-refractivity contribution is 0.0421. The summed E-state index contributed by atoms with van der Waals surface area (Å²) in [4.78, 5) is 11.4. The Bertz CT molecular complexity index is 484. The normalized spacial score (nSPS) is 24.4. The van der Waals surface area contributed by atoms with Gasteiger partial charge in [-0.05, 0) is 41.4 Å². The number of nitrogens with zero attached hydrogens (tertiary/aromatic N) is 3. The van der Waals surface area contributed by atoms with Crippen LogP contribution in [0.4, 0.5) is 5.82 Å². The monoisotopic (exact) mass is 372 g/mol. The number of likely N-dealkylation sites (tertiary alicyclic amines) is 1. The molecule has 2 aliphatic heterocycles. The molecule has 0 aromatic carbocycles. The van der Waals surface area contributed by atoms with Crippen molar-refractivity contribution in [2.45, 2.75) is 36.5 Å². The van der Waals surface area contributed by atoms with E-state index in [1.165, 1.54) is 25.8 Å². The lowest BCUT2D eigenvalue weighted by Crippen LogP contribution is -2.39. The second-order valence-corrected chi connectivity index (χ2v) is 7.15. The number of aromatic nitrogens is 2. The molecule has 1 aromatic heterocycles. The van der Waals surface area contributed by atoms with Gasteiger partial charge in [0.05, 0.1) is 4.47 Å². The Balaban J connectivity index is 1.59. The zero-order chi connectivity index (χ0) is 14.7. The first-order valence-corrected chi connectivity index (χ1v) is 9.43. The van der Waals surface area contributed by atoms with Gasteiger partial charge in [0.1, 0.15) is 5.82 Å². The molecule has 5 nitrogen and oxygen atoms in total. The van der Waals surface area contributed by atoms with Crippen molar-refractivity contribution in [1.82, 2.24) is 14.9 Å². The van der Waals surface area contributed by atoms with E-state index < -0.39 is 0 Å². The molecule has 0 spiro atoms. The van der Waals surface area contributed by atoms with Gasteiger partial charge in [0.2, 0.25) is 0 Å². The van der Waals surface area contributed by atoms with E-state index in [-0.39, 0.29) is 0 Å². The van der Waals surface area contributed by atoms with Crippen molar-refractivity contribution in [3.05, 3.63) is 10.7 Å². The SMILES string of the molecule is CSc1ncc(Br)c(NC2CCN(C3CCOCC3)C2)n1. The van der Waals surface area contributed by atoms with Gasteiger partial charge in [0.15, 0.2) is 5.16 Å². The highest BCUT2D eigenvalue weighted by atomic mass is 79.9. The number of hydrogen-bond donors (Lipinski definition) is 1. The molecule has 21 heavy (non-hydrogen) atoms. The number of nitrogens with one attached hydrogen (secondary N) is 1. The standard InChI is InChI=1S/C14H21BrN4OS/c1-21-14-16-8-12(15)13(18-14)17-10-2-5-19(9-10)11-3-6-20-7-4-11/h8,10-11H,2-7,9H2,1H3,(H,16,17,18). The number of ether oxygens (including phenoxy) is 1. The minimum absolute atomic E-state index is 0.466. The Kier molecular flexibility index (Phi) is 5.37.